The van der Waals surface area contributed by atoms with Gasteiger partial charge in [-0.2, -0.15) is 0 Å². The molecule has 0 aromatic carbocycles. The van der Waals surface area contributed by atoms with Crippen LogP contribution in [0.25, 0.3) is 10.6 Å². The Labute approximate surface area is 147 Å². The van der Waals surface area contributed by atoms with E-state index in [4.69, 9.17) is 0 Å². The van der Waals surface area contributed by atoms with E-state index in [1.54, 1.807) is 17.5 Å². The third kappa shape index (κ3) is 4.01. The van der Waals surface area contributed by atoms with E-state index >= 15 is 0 Å². The van der Waals surface area contributed by atoms with Crippen LogP contribution in [0.2, 0.25) is 0 Å². The third-order valence-corrected chi connectivity index (χ3v) is 5.55. The van der Waals surface area contributed by atoms with Crippen molar-refractivity contribution in [2.24, 2.45) is 0 Å². The number of hydrogen-bond donors (Lipinski definition) is 0. The van der Waals surface area contributed by atoms with Crippen LogP contribution in [0.3, 0.4) is 0 Å². The van der Waals surface area contributed by atoms with Gasteiger partial charge in [0.15, 0.2) is 0 Å². The zero-order valence-corrected chi connectivity index (χ0v) is 15.3. The van der Waals surface area contributed by atoms with Crippen LogP contribution in [0.5, 0.6) is 0 Å². The Hall–Kier alpha value is -1.75. The van der Waals surface area contributed by atoms with Crippen LogP contribution in [0.15, 0.2) is 29.9 Å². The van der Waals surface area contributed by atoms with Gasteiger partial charge in [-0.25, -0.2) is 4.98 Å². The minimum atomic E-state index is 0.208. The summed E-state index contributed by atoms with van der Waals surface area (Å²) in [5, 5.41) is 2.93. The van der Waals surface area contributed by atoms with E-state index in [0.29, 0.717) is 12.5 Å². The number of hydrogen-bond acceptors (Lipinski definition) is 4. The van der Waals surface area contributed by atoms with Crippen LogP contribution < -0.4 is 0 Å². The van der Waals surface area contributed by atoms with E-state index < -0.39 is 0 Å². The summed E-state index contributed by atoms with van der Waals surface area (Å²) in [6.07, 6.45) is 10.0. The predicted octanol–water partition coefficient (Wildman–Crippen LogP) is 4.32. The maximum atomic E-state index is 12.9. The van der Waals surface area contributed by atoms with Crippen molar-refractivity contribution in [3.63, 3.8) is 0 Å². The Kier molecular flexibility index (Phi) is 5.61. The monoisotopic (exact) mass is 343 g/mol. The minimum absolute atomic E-state index is 0.208. The van der Waals surface area contributed by atoms with Crippen molar-refractivity contribution in [2.45, 2.75) is 64.5 Å². The lowest BCUT2D eigenvalue weighted by atomic mass is 9.93. The van der Waals surface area contributed by atoms with E-state index in [9.17, 15) is 4.79 Å². The maximum absolute atomic E-state index is 12.9. The fraction of sp³-hybridized carbons (Fsp3) is 0.526. The number of thiazole rings is 1. The molecule has 1 fully saturated rings. The molecule has 1 aliphatic rings. The second kappa shape index (κ2) is 7.88. The van der Waals surface area contributed by atoms with Crippen molar-refractivity contribution in [1.29, 1.82) is 0 Å². The molecule has 0 unspecified atom stereocenters. The van der Waals surface area contributed by atoms with Crippen molar-refractivity contribution in [1.82, 2.24) is 14.9 Å². The number of pyridine rings is 1. The Balaban J connectivity index is 1.70. The van der Waals surface area contributed by atoms with Gasteiger partial charge < -0.3 is 4.90 Å². The maximum Gasteiger partial charge on any atom is 0.229 e. The minimum Gasteiger partial charge on any atom is -0.337 e. The second-order valence-electron chi connectivity index (χ2n) is 6.75. The lowest BCUT2D eigenvalue weighted by molar-refractivity contribution is -0.135. The Morgan fingerprint density at radius 2 is 2.12 bits per heavy atom. The van der Waals surface area contributed by atoms with Crippen LogP contribution in [-0.2, 0) is 11.2 Å². The van der Waals surface area contributed by atoms with E-state index in [2.05, 4.69) is 28.7 Å². The molecule has 0 atom stereocenters. The van der Waals surface area contributed by atoms with Gasteiger partial charge in [-0.3, -0.25) is 9.78 Å². The van der Waals surface area contributed by atoms with Gasteiger partial charge in [0.05, 0.1) is 12.1 Å². The van der Waals surface area contributed by atoms with Crippen LogP contribution in [0.1, 0.15) is 51.6 Å². The molecule has 0 saturated heterocycles. The first-order valence-corrected chi connectivity index (χ1v) is 9.69. The van der Waals surface area contributed by atoms with E-state index in [0.717, 1.165) is 29.1 Å². The van der Waals surface area contributed by atoms with Crippen molar-refractivity contribution >= 4 is 17.2 Å². The SMILES string of the molecule is CC(C)N(C(=O)Cc1csc(-c2cccnc2)n1)C1CCCCC1. The zero-order valence-electron chi connectivity index (χ0n) is 14.4. The lowest BCUT2D eigenvalue weighted by Crippen LogP contribution is -2.46. The molecule has 0 N–H and O–H groups in total. The topological polar surface area (TPSA) is 46.1 Å². The average molecular weight is 343 g/mol. The van der Waals surface area contributed by atoms with Gasteiger partial charge in [-0.1, -0.05) is 19.3 Å². The van der Waals surface area contributed by atoms with Gasteiger partial charge in [-0.05, 0) is 38.8 Å². The standard InChI is InChI=1S/C19H25N3OS/c1-14(2)22(17-8-4-3-5-9-17)18(23)11-16-13-24-19(21-16)15-7-6-10-20-12-15/h6-7,10,12-14,17H,3-5,8-9,11H2,1-2H3. The molecule has 0 spiro atoms. The van der Waals surface area contributed by atoms with E-state index in [-0.39, 0.29) is 11.9 Å². The van der Waals surface area contributed by atoms with Crippen LogP contribution in [0, 0.1) is 0 Å². The molecule has 5 heteroatoms. The summed E-state index contributed by atoms with van der Waals surface area (Å²) in [4.78, 5) is 23.8. The first kappa shape index (κ1) is 17.1. The van der Waals surface area contributed by atoms with Crippen LogP contribution in [0.4, 0.5) is 0 Å². The molecule has 0 bridgehead atoms. The third-order valence-electron chi connectivity index (χ3n) is 4.60. The highest BCUT2D eigenvalue weighted by Gasteiger charge is 2.27. The molecule has 1 amide bonds. The fourth-order valence-electron chi connectivity index (χ4n) is 3.53. The molecule has 24 heavy (non-hydrogen) atoms. The quantitative estimate of drug-likeness (QED) is 0.812. The highest BCUT2D eigenvalue weighted by atomic mass is 32.1. The van der Waals surface area contributed by atoms with Crippen molar-refractivity contribution < 1.29 is 4.79 Å². The summed E-state index contributed by atoms with van der Waals surface area (Å²) in [6, 6.07) is 4.56. The molecule has 4 nitrogen and oxygen atoms in total. The summed E-state index contributed by atoms with van der Waals surface area (Å²) in [6.45, 7) is 4.24. The van der Waals surface area contributed by atoms with Gasteiger partial charge >= 0.3 is 0 Å². The van der Waals surface area contributed by atoms with E-state index in [1.807, 2.05) is 23.7 Å². The highest BCUT2D eigenvalue weighted by Crippen LogP contribution is 2.26. The first-order chi connectivity index (χ1) is 11.6. The summed E-state index contributed by atoms with van der Waals surface area (Å²) < 4.78 is 0. The normalized spacial score (nSPS) is 15.6. The summed E-state index contributed by atoms with van der Waals surface area (Å²) in [5.74, 6) is 0.208. The molecule has 2 aromatic heterocycles. The Morgan fingerprint density at radius 1 is 1.33 bits per heavy atom. The molecule has 3 rings (SSSR count). The number of nitrogens with zero attached hydrogens (tertiary/aromatic N) is 3. The molecule has 2 heterocycles. The van der Waals surface area contributed by atoms with Crippen molar-refractivity contribution in [3.05, 3.63) is 35.6 Å². The average Bonchev–Trinajstić information content (AvgIpc) is 3.05. The molecule has 0 radical (unpaired) electrons. The zero-order chi connectivity index (χ0) is 16.9. The van der Waals surface area contributed by atoms with Gasteiger partial charge in [-0.15, -0.1) is 11.3 Å². The second-order valence-corrected chi connectivity index (χ2v) is 7.61. The van der Waals surface area contributed by atoms with Gasteiger partial charge in [0.1, 0.15) is 5.01 Å². The Morgan fingerprint density at radius 3 is 2.79 bits per heavy atom. The number of carbonyl (C=O) groups excluding carboxylic acids is 1. The number of amides is 1. The van der Waals surface area contributed by atoms with Gasteiger partial charge in [0, 0.05) is 35.4 Å². The molecule has 0 aliphatic heterocycles. The molecular weight excluding hydrogens is 318 g/mol. The molecule has 128 valence electrons. The summed E-state index contributed by atoms with van der Waals surface area (Å²) >= 11 is 1.58. The van der Waals surface area contributed by atoms with Crippen molar-refractivity contribution in [2.75, 3.05) is 0 Å². The number of carbonyl (C=O) groups is 1. The smallest absolute Gasteiger partial charge is 0.229 e. The van der Waals surface area contributed by atoms with Gasteiger partial charge in [0.25, 0.3) is 0 Å². The largest absolute Gasteiger partial charge is 0.337 e. The molecular formula is C19H25N3OS. The molecule has 1 saturated carbocycles. The number of rotatable bonds is 5. The van der Waals surface area contributed by atoms with Crippen LogP contribution in [-0.4, -0.2) is 32.9 Å². The van der Waals surface area contributed by atoms with Crippen LogP contribution >= 0.6 is 11.3 Å². The van der Waals surface area contributed by atoms with Gasteiger partial charge in [0.2, 0.25) is 5.91 Å². The highest BCUT2D eigenvalue weighted by molar-refractivity contribution is 7.13. The molecule has 2 aromatic rings. The molecule has 1 aliphatic carbocycles. The van der Waals surface area contributed by atoms with Crippen molar-refractivity contribution in [3.8, 4) is 10.6 Å². The fourth-order valence-corrected chi connectivity index (χ4v) is 4.34. The summed E-state index contributed by atoms with van der Waals surface area (Å²) in [5.41, 5.74) is 1.87. The summed E-state index contributed by atoms with van der Waals surface area (Å²) in [7, 11) is 0. The predicted molar refractivity (Wildman–Crippen MR) is 97.9 cm³/mol. The number of aromatic nitrogens is 2. The Bertz CT molecular complexity index is 662. The lowest BCUT2D eigenvalue weighted by Gasteiger charge is -2.37. The van der Waals surface area contributed by atoms with E-state index in [1.165, 1.54) is 19.3 Å². The first-order valence-electron chi connectivity index (χ1n) is 8.81.